The molecule has 4 heterocycles. The Kier molecular flexibility index (Phi) is 3.60. The number of nitrogens with zero attached hydrogens (tertiary/aromatic N) is 6. The van der Waals surface area contributed by atoms with Crippen LogP contribution in [0.1, 0.15) is 5.69 Å². The van der Waals surface area contributed by atoms with Crippen LogP contribution >= 0.6 is 0 Å². The van der Waals surface area contributed by atoms with Crippen molar-refractivity contribution < 1.29 is 4.74 Å². The quantitative estimate of drug-likeness (QED) is 0.752. The standard InChI is InChI=1S/C15H17N7O/c16-9-12-7-15(21-3-5-23-6-4-21)22-14(19-12)8-13(20-22)11-1-2-17-18-10-11/h1-2,7-8,10H,3-6,9,16H2. The molecule has 0 radical (unpaired) electrons. The maximum absolute atomic E-state index is 5.80. The van der Waals surface area contributed by atoms with Gasteiger partial charge in [-0.05, 0) is 6.07 Å². The first kappa shape index (κ1) is 14.0. The number of aromatic nitrogens is 5. The lowest BCUT2D eigenvalue weighted by atomic mass is 10.2. The minimum Gasteiger partial charge on any atom is -0.378 e. The smallest absolute Gasteiger partial charge is 0.158 e. The Balaban J connectivity index is 1.85. The molecule has 23 heavy (non-hydrogen) atoms. The van der Waals surface area contributed by atoms with Gasteiger partial charge >= 0.3 is 0 Å². The summed E-state index contributed by atoms with van der Waals surface area (Å²) < 4.78 is 7.30. The molecular formula is C15H17N7O. The fourth-order valence-electron chi connectivity index (χ4n) is 2.71. The molecule has 2 N–H and O–H groups in total. The molecule has 3 aromatic rings. The first-order valence-corrected chi connectivity index (χ1v) is 7.55. The van der Waals surface area contributed by atoms with Gasteiger partial charge in [-0.3, -0.25) is 0 Å². The molecule has 0 spiro atoms. The Bertz CT molecular complexity index is 811. The van der Waals surface area contributed by atoms with E-state index in [0.29, 0.717) is 19.8 Å². The number of morpholine rings is 1. The average molecular weight is 311 g/mol. The molecule has 0 aliphatic carbocycles. The van der Waals surface area contributed by atoms with Gasteiger partial charge in [0.1, 0.15) is 5.82 Å². The molecule has 1 aliphatic heterocycles. The van der Waals surface area contributed by atoms with Crippen LogP contribution in [0.4, 0.5) is 5.82 Å². The van der Waals surface area contributed by atoms with E-state index in [1.165, 1.54) is 0 Å². The van der Waals surface area contributed by atoms with Crippen LogP contribution < -0.4 is 10.6 Å². The van der Waals surface area contributed by atoms with Crippen LogP contribution in [0.2, 0.25) is 0 Å². The summed E-state index contributed by atoms with van der Waals surface area (Å²) in [6.07, 6.45) is 3.35. The molecule has 1 fully saturated rings. The summed E-state index contributed by atoms with van der Waals surface area (Å²) in [7, 11) is 0. The normalized spacial score (nSPS) is 15.3. The topological polar surface area (TPSA) is 94.5 Å². The Morgan fingerprint density at radius 2 is 2.04 bits per heavy atom. The second-order valence-corrected chi connectivity index (χ2v) is 5.34. The molecule has 1 saturated heterocycles. The van der Waals surface area contributed by atoms with Crippen molar-refractivity contribution in [3.05, 3.63) is 36.3 Å². The van der Waals surface area contributed by atoms with Crippen LogP contribution in [-0.4, -0.2) is 51.1 Å². The third-order valence-electron chi connectivity index (χ3n) is 3.89. The first-order valence-electron chi connectivity index (χ1n) is 7.55. The number of anilines is 1. The SMILES string of the molecule is NCc1cc(N2CCOCC2)n2nc(-c3ccnnc3)cc2n1. The lowest BCUT2D eigenvalue weighted by molar-refractivity contribution is 0.122. The number of ether oxygens (including phenoxy) is 1. The molecule has 0 bridgehead atoms. The maximum atomic E-state index is 5.80. The highest BCUT2D eigenvalue weighted by Gasteiger charge is 2.18. The van der Waals surface area contributed by atoms with Crippen molar-refractivity contribution in [2.45, 2.75) is 6.54 Å². The average Bonchev–Trinajstić information content (AvgIpc) is 3.06. The van der Waals surface area contributed by atoms with Crippen LogP contribution in [-0.2, 0) is 11.3 Å². The van der Waals surface area contributed by atoms with Gasteiger partial charge in [-0.25, -0.2) is 4.98 Å². The van der Waals surface area contributed by atoms with Crippen LogP contribution in [0.25, 0.3) is 16.9 Å². The zero-order valence-electron chi connectivity index (χ0n) is 12.6. The first-order chi connectivity index (χ1) is 11.3. The zero-order valence-corrected chi connectivity index (χ0v) is 12.6. The van der Waals surface area contributed by atoms with Crippen LogP contribution in [0, 0.1) is 0 Å². The molecule has 0 aromatic carbocycles. The van der Waals surface area contributed by atoms with Gasteiger partial charge in [-0.15, -0.1) is 0 Å². The third-order valence-corrected chi connectivity index (χ3v) is 3.89. The van der Waals surface area contributed by atoms with Crippen molar-refractivity contribution in [1.29, 1.82) is 0 Å². The summed E-state index contributed by atoms with van der Waals surface area (Å²) in [5.74, 6) is 0.993. The molecule has 0 saturated carbocycles. The van der Waals surface area contributed by atoms with E-state index < -0.39 is 0 Å². The van der Waals surface area contributed by atoms with Crippen molar-refractivity contribution in [1.82, 2.24) is 24.8 Å². The summed E-state index contributed by atoms with van der Waals surface area (Å²) in [5.41, 5.74) is 9.15. The molecule has 8 heteroatoms. The Morgan fingerprint density at radius 3 is 2.78 bits per heavy atom. The molecule has 4 rings (SSSR count). The maximum Gasteiger partial charge on any atom is 0.158 e. The molecule has 1 aliphatic rings. The van der Waals surface area contributed by atoms with Gasteiger partial charge in [0.2, 0.25) is 0 Å². The van der Waals surface area contributed by atoms with Gasteiger partial charge in [-0.2, -0.15) is 19.8 Å². The van der Waals surface area contributed by atoms with E-state index in [2.05, 4.69) is 20.1 Å². The van der Waals surface area contributed by atoms with E-state index in [1.54, 1.807) is 12.4 Å². The van der Waals surface area contributed by atoms with Gasteiger partial charge in [0.05, 0.1) is 37.0 Å². The van der Waals surface area contributed by atoms with Crippen molar-refractivity contribution in [3.8, 4) is 11.3 Å². The molecule has 0 amide bonds. The minimum absolute atomic E-state index is 0.394. The third kappa shape index (κ3) is 2.62. The predicted molar refractivity (Wildman–Crippen MR) is 84.9 cm³/mol. The van der Waals surface area contributed by atoms with E-state index >= 15 is 0 Å². The summed E-state index contributed by atoms with van der Waals surface area (Å²) in [5, 5.41) is 12.4. The van der Waals surface area contributed by atoms with Crippen LogP contribution in [0.3, 0.4) is 0 Å². The lowest BCUT2D eigenvalue weighted by Gasteiger charge is -2.29. The predicted octanol–water partition coefficient (Wildman–Crippen LogP) is 0.482. The van der Waals surface area contributed by atoms with Crippen molar-refractivity contribution in [2.24, 2.45) is 5.73 Å². The van der Waals surface area contributed by atoms with Crippen LogP contribution in [0.5, 0.6) is 0 Å². The van der Waals surface area contributed by atoms with Crippen molar-refractivity contribution in [2.75, 3.05) is 31.2 Å². The summed E-state index contributed by atoms with van der Waals surface area (Å²) >= 11 is 0. The van der Waals surface area contributed by atoms with Crippen molar-refractivity contribution >= 4 is 11.5 Å². The van der Waals surface area contributed by atoms with Gasteiger partial charge in [0, 0.05) is 37.3 Å². The van der Waals surface area contributed by atoms with Gasteiger partial charge < -0.3 is 15.4 Å². The second kappa shape index (κ2) is 5.90. The number of rotatable bonds is 3. The summed E-state index contributed by atoms with van der Waals surface area (Å²) in [6.45, 7) is 3.48. The fourth-order valence-corrected chi connectivity index (χ4v) is 2.71. The van der Waals surface area contributed by atoms with Crippen LogP contribution in [0.15, 0.2) is 30.6 Å². The molecule has 3 aromatic heterocycles. The van der Waals surface area contributed by atoms with Gasteiger partial charge in [-0.1, -0.05) is 0 Å². The van der Waals surface area contributed by atoms with Crippen molar-refractivity contribution in [3.63, 3.8) is 0 Å². The monoisotopic (exact) mass is 311 g/mol. The lowest BCUT2D eigenvalue weighted by Crippen LogP contribution is -2.37. The Labute approximate surface area is 132 Å². The highest BCUT2D eigenvalue weighted by molar-refractivity contribution is 5.65. The second-order valence-electron chi connectivity index (χ2n) is 5.34. The molecule has 0 unspecified atom stereocenters. The Hall–Kier alpha value is -2.58. The molecular weight excluding hydrogens is 294 g/mol. The van der Waals surface area contributed by atoms with E-state index in [0.717, 1.165) is 41.5 Å². The van der Waals surface area contributed by atoms with E-state index in [-0.39, 0.29) is 0 Å². The molecule has 118 valence electrons. The molecule has 0 atom stereocenters. The largest absolute Gasteiger partial charge is 0.378 e. The van der Waals surface area contributed by atoms with E-state index in [4.69, 9.17) is 15.6 Å². The Morgan fingerprint density at radius 1 is 1.17 bits per heavy atom. The van der Waals surface area contributed by atoms with E-state index in [1.807, 2.05) is 22.7 Å². The van der Waals surface area contributed by atoms with Gasteiger partial charge in [0.15, 0.2) is 5.65 Å². The van der Waals surface area contributed by atoms with E-state index in [9.17, 15) is 0 Å². The summed E-state index contributed by atoms with van der Waals surface area (Å²) in [6, 6.07) is 5.83. The van der Waals surface area contributed by atoms with Gasteiger partial charge in [0.25, 0.3) is 0 Å². The molecule has 8 nitrogen and oxygen atoms in total. The number of hydrogen-bond acceptors (Lipinski definition) is 7. The number of hydrogen-bond donors (Lipinski definition) is 1. The summed E-state index contributed by atoms with van der Waals surface area (Å²) in [4.78, 5) is 6.83. The highest BCUT2D eigenvalue weighted by Crippen LogP contribution is 2.23. The highest BCUT2D eigenvalue weighted by atomic mass is 16.5. The minimum atomic E-state index is 0.394. The number of nitrogens with two attached hydrogens (primary N) is 1. The zero-order chi connectivity index (χ0) is 15.6. The fraction of sp³-hybridized carbons (Fsp3) is 0.333. The number of fused-ring (bicyclic) bond motifs is 1.